The van der Waals surface area contributed by atoms with E-state index in [4.69, 9.17) is 18.8 Å². The normalized spacial score (nSPS) is 36.9. The van der Waals surface area contributed by atoms with Gasteiger partial charge in [0.05, 0.1) is 5.41 Å². The molecule has 0 aromatic carbocycles. The first-order valence-electron chi connectivity index (χ1n) is 10.5. The van der Waals surface area contributed by atoms with Crippen molar-refractivity contribution in [1.29, 1.82) is 0 Å². The van der Waals surface area contributed by atoms with Gasteiger partial charge in [0.2, 0.25) is 5.79 Å². The van der Waals surface area contributed by atoms with Gasteiger partial charge < -0.3 is 9.47 Å². The molecule has 7 heteroatoms. The molecule has 2 bridgehead atoms. The fourth-order valence-electron chi connectivity index (χ4n) is 5.38. The number of hydroxylamine groups is 2. The van der Waals surface area contributed by atoms with Gasteiger partial charge in [0, 0.05) is 37.3 Å². The van der Waals surface area contributed by atoms with Crippen LogP contribution < -0.4 is 0 Å². The van der Waals surface area contributed by atoms with Crippen LogP contribution in [0.5, 0.6) is 0 Å². The summed E-state index contributed by atoms with van der Waals surface area (Å²) >= 11 is 1.32. The van der Waals surface area contributed by atoms with Gasteiger partial charge in [-0.1, -0.05) is 34.6 Å². The summed E-state index contributed by atoms with van der Waals surface area (Å²) < 4.78 is 17.8. The molecule has 2 aliphatic carbocycles. The van der Waals surface area contributed by atoms with Crippen LogP contribution in [0.2, 0.25) is 0 Å². The lowest BCUT2D eigenvalue weighted by molar-refractivity contribution is -0.360. The predicted molar refractivity (Wildman–Crippen MR) is 104 cm³/mol. The SMILES string of the molecule is CCCN(CCC)OOSCC12CCC(CC13OC(=O)[C@@H](CC)O3)C2(C)C. The minimum Gasteiger partial charge on any atom is -0.430 e. The van der Waals surface area contributed by atoms with Crippen molar-refractivity contribution in [2.75, 3.05) is 18.8 Å². The molecule has 156 valence electrons. The summed E-state index contributed by atoms with van der Waals surface area (Å²) in [6.07, 6.45) is 5.16. The highest BCUT2D eigenvalue weighted by atomic mass is 32.2. The third-order valence-electron chi connectivity index (χ3n) is 7.08. The van der Waals surface area contributed by atoms with E-state index in [2.05, 4.69) is 27.7 Å². The summed E-state index contributed by atoms with van der Waals surface area (Å²) in [5, 5.41) is 1.86. The van der Waals surface area contributed by atoms with E-state index in [0.29, 0.717) is 18.1 Å². The summed E-state index contributed by atoms with van der Waals surface area (Å²) in [7, 11) is 0. The highest BCUT2D eigenvalue weighted by Gasteiger charge is 2.76. The van der Waals surface area contributed by atoms with E-state index in [1.165, 1.54) is 12.0 Å². The summed E-state index contributed by atoms with van der Waals surface area (Å²) in [4.78, 5) is 17.9. The first-order chi connectivity index (χ1) is 12.9. The maximum atomic E-state index is 12.3. The van der Waals surface area contributed by atoms with Crippen LogP contribution in [-0.2, 0) is 23.6 Å². The zero-order valence-corrected chi connectivity index (χ0v) is 18.2. The van der Waals surface area contributed by atoms with Gasteiger partial charge in [0.25, 0.3) is 0 Å². The molecule has 0 radical (unpaired) electrons. The zero-order chi connectivity index (χ0) is 19.7. The maximum absolute atomic E-state index is 12.3. The maximum Gasteiger partial charge on any atom is 0.337 e. The lowest BCUT2D eigenvalue weighted by Gasteiger charge is -2.45. The number of carbonyl (C=O) groups excluding carboxylic acids is 1. The zero-order valence-electron chi connectivity index (χ0n) is 17.4. The summed E-state index contributed by atoms with van der Waals surface area (Å²) in [5.41, 5.74) is -0.225. The van der Waals surface area contributed by atoms with Crippen LogP contribution in [0.15, 0.2) is 0 Å². The van der Waals surface area contributed by atoms with Crippen molar-refractivity contribution in [3.05, 3.63) is 0 Å². The first-order valence-corrected chi connectivity index (χ1v) is 11.4. The van der Waals surface area contributed by atoms with E-state index < -0.39 is 11.9 Å². The van der Waals surface area contributed by atoms with Crippen molar-refractivity contribution < 1.29 is 23.6 Å². The van der Waals surface area contributed by atoms with Crippen molar-refractivity contribution in [3.63, 3.8) is 0 Å². The second-order valence-electron chi connectivity index (χ2n) is 8.77. The van der Waals surface area contributed by atoms with Gasteiger partial charge in [0.1, 0.15) is 0 Å². The van der Waals surface area contributed by atoms with Crippen LogP contribution in [0.1, 0.15) is 73.1 Å². The molecule has 6 nitrogen and oxygen atoms in total. The molecule has 3 fully saturated rings. The van der Waals surface area contributed by atoms with Crippen molar-refractivity contribution >= 4 is 18.0 Å². The molecule has 0 N–H and O–H groups in total. The van der Waals surface area contributed by atoms with Crippen LogP contribution >= 0.6 is 12.0 Å². The van der Waals surface area contributed by atoms with Gasteiger partial charge in [-0.05, 0) is 43.4 Å². The topological polar surface area (TPSA) is 57.2 Å². The van der Waals surface area contributed by atoms with Crippen molar-refractivity contribution in [3.8, 4) is 0 Å². The molecule has 27 heavy (non-hydrogen) atoms. The van der Waals surface area contributed by atoms with E-state index in [1.807, 2.05) is 12.0 Å². The molecule has 3 unspecified atom stereocenters. The minimum absolute atomic E-state index is 0.0266. The van der Waals surface area contributed by atoms with Crippen LogP contribution in [0.3, 0.4) is 0 Å². The van der Waals surface area contributed by atoms with Crippen LogP contribution in [0.25, 0.3) is 0 Å². The van der Waals surface area contributed by atoms with Crippen molar-refractivity contribution in [2.24, 2.45) is 16.7 Å². The Kier molecular flexibility index (Phi) is 6.48. The molecular formula is C20H35NO5S. The number of rotatable bonds is 10. The van der Waals surface area contributed by atoms with Gasteiger partial charge >= 0.3 is 5.97 Å². The molecule has 4 atom stereocenters. The number of fused-ring (bicyclic) bond motifs is 3. The van der Waals surface area contributed by atoms with Crippen molar-refractivity contribution in [2.45, 2.75) is 85.0 Å². The number of esters is 1. The Balaban J connectivity index is 1.68. The fourth-order valence-corrected chi connectivity index (χ4v) is 6.49. The Hall–Kier alpha value is -0.340. The summed E-state index contributed by atoms with van der Waals surface area (Å²) in [5.74, 6) is 0.172. The standard InChI is InChI=1S/C20H35NO5S/c1-6-11-21(12-7-2)25-26-27-14-19-10-9-15(18(19,4)5)13-20(19)23-16(8-3)17(22)24-20/h15-16H,6-14H2,1-5H3/t15?,16-,19?,20?/m1/s1. The predicted octanol–water partition coefficient (Wildman–Crippen LogP) is 4.49. The molecule has 0 aromatic rings. The molecule has 1 aliphatic heterocycles. The molecule has 2 saturated carbocycles. The second kappa shape index (κ2) is 8.19. The third-order valence-corrected chi connectivity index (χ3v) is 7.85. The minimum atomic E-state index is -0.805. The fraction of sp³-hybridized carbons (Fsp3) is 0.950. The Morgan fingerprint density at radius 1 is 1.22 bits per heavy atom. The molecule has 3 rings (SSSR count). The van der Waals surface area contributed by atoms with Gasteiger partial charge in [-0.3, -0.25) is 0 Å². The number of nitrogens with zero attached hydrogens (tertiary/aromatic N) is 1. The number of hydrogen-bond acceptors (Lipinski definition) is 7. The number of carbonyl (C=O) groups is 1. The monoisotopic (exact) mass is 401 g/mol. The molecule has 0 aromatic heterocycles. The third kappa shape index (κ3) is 3.44. The van der Waals surface area contributed by atoms with Gasteiger partial charge in [-0.25, -0.2) is 4.79 Å². The van der Waals surface area contributed by atoms with E-state index in [-0.39, 0.29) is 16.8 Å². The molecule has 3 aliphatic rings. The van der Waals surface area contributed by atoms with Gasteiger partial charge in [-0.2, -0.15) is 5.06 Å². The molecular weight excluding hydrogens is 366 g/mol. The number of ether oxygens (including phenoxy) is 2. The molecule has 0 amide bonds. The Morgan fingerprint density at radius 2 is 1.93 bits per heavy atom. The lowest BCUT2D eigenvalue weighted by atomic mass is 9.68. The molecule has 1 saturated heterocycles. The second-order valence-corrected chi connectivity index (χ2v) is 9.43. The lowest BCUT2D eigenvalue weighted by Crippen LogP contribution is -2.52. The highest BCUT2D eigenvalue weighted by Crippen LogP contribution is 2.73. The van der Waals surface area contributed by atoms with Crippen molar-refractivity contribution in [1.82, 2.24) is 5.06 Å². The van der Waals surface area contributed by atoms with E-state index >= 15 is 0 Å². The summed E-state index contributed by atoms with van der Waals surface area (Å²) in [6, 6.07) is 0. The van der Waals surface area contributed by atoms with Gasteiger partial charge in [-0.15, -0.1) is 9.32 Å². The Morgan fingerprint density at radius 3 is 2.48 bits per heavy atom. The van der Waals surface area contributed by atoms with E-state index in [0.717, 1.165) is 45.2 Å². The quantitative estimate of drug-likeness (QED) is 0.176. The smallest absolute Gasteiger partial charge is 0.337 e. The highest BCUT2D eigenvalue weighted by molar-refractivity contribution is 7.94. The van der Waals surface area contributed by atoms with Crippen LogP contribution in [0.4, 0.5) is 0 Å². The molecule has 1 heterocycles. The molecule has 1 spiro atoms. The van der Waals surface area contributed by atoms with E-state index in [9.17, 15) is 4.79 Å². The average Bonchev–Trinajstić information content (AvgIpc) is 3.14. The van der Waals surface area contributed by atoms with Gasteiger partial charge in [0.15, 0.2) is 6.10 Å². The number of hydrogen-bond donors (Lipinski definition) is 0. The van der Waals surface area contributed by atoms with Crippen LogP contribution in [0, 0.1) is 16.7 Å². The average molecular weight is 402 g/mol. The first kappa shape index (κ1) is 21.4. The summed E-state index contributed by atoms with van der Waals surface area (Å²) in [6.45, 7) is 12.5. The Labute approximate surface area is 167 Å². The Bertz CT molecular complexity index is 538. The largest absolute Gasteiger partial charge is 0.430 e. The van der Waals surface area contributed by atoms with E-state index in [1.54, 1.807) is 0 Å². The van der Waals surface area contributed by atoms with Crippen LogP contribution in [-0.4, -0.2) is 41.8 Å².